The maximum absolute atomic E-state index is 11.2. The number of nitrogens with zero attached hydrogens (tertiary/aromatic N) is 3. The minimum absolute atomic E-state index is 0.242. The standard InChI is InChI=1S/C14H22N4O/c1-3-5-10(2)12-6-4-7-18(12)13-9-16-8-11(17-13)14(15)19/h8-10,12H,3-7H2,1-2H3,(H2,15,19). The highest BCUT2D eigenvalue weighted by Gasteiger charge is 2.30. The van der Waals surface area contributed by atoms with Crippen LogP contribution in [0, 0.1) is 5.92 Å². The molecule has 5 heteroatoms. The molecule has 1 aliphatic heterocycles. The van der Waals surface area contributed by atoms with Gasteiger partial charge in [-0.2, -0.15) is 0 Å². The summed E-state index contributed by atoms with van der Waals surface area (Å²) in [6.07, 6.45) is 7.91. The molecule has 2 N–H and O–H groups in total. The number of carbonyl (C=O) groups is 1. The first kappa shape index (κ1) is 13.8. The summed E-state index contributed by atoms with van der Waals surface area (Å²) in [7, 11) is 0. The van der Waals surface area contributed by atoms with Gasteiger partial charge in [0.25, 0.3) is 5.91 Å². The molecule has 0 bridgehead atoms. The summed E-state index contributed by atoms with van der Waals surface area (Å²) >= 11 is 0. The van der Waals surface area contributed by atoms with Crippen molar-refractivity contribution in [2.24, 2.45) is 11.7 Å². The molecule has 19 heavy (non-hydrogen) atoms. The number of aromatic nitrogens is 2. The zero-order chi connectivity index (χ0) is 13.8. The van der Waals surface area contributed by atoms with Gasteiger partial charge in [0.05, 0.1) is 12.4 Å². The molecule has 1 amide bonds. The Morgan fingerprint density at radius 1 is 1.58 bits per heavy atom. The third kappa shape index (κ3) is 3.03. The van der Waals surface area contributed by atoms with Crippen LogP contribution in [0.5, 0.6) is 0 Å². The van der Waals surface area contributed by atoms with Gasteiger partial charge in [-0.25, -0.2) is 4.98 Å². The number of carbonyl (C=O) groups excluding carboxylic acids is 1. The average Bonchev–Trinajstić information content (AvgIpc) is 2.88. The van der Waals surface area contributed by atoms with Crippen LogP contribution >= 0.6 is 0 Å². The highest BCUT2D eigenvalue weighted by Crippen LogP contribution is 2.30. The Hall–Kier alpha value is -1.65. The number of anilines is 1. The number of rotatable bonds is 5. The first-order valence-corrected chi connectivity index (χ1v) is 7.02. The lowest BCUT2D eigenvalue weighted by Gasteiger charge is -2.30. The summed E-state index contributed by atoms with van der Waals surface area (Å²) in [5, 5.41) is 0. The van der Waals surface area contributed by atoms with Crippen molar-refractivity contribution < 1.29 is 4.79 Å². The van der Waals surface area contributed by atoms with Gasteiger partial charge in [0.1, 0.15) is 11.5 Å². The lowest BCUT2D eigenvalue weighted by Crippen LogP contribution is -2.35. The molecule has 0 radical (unpaired) electrons. The second-order valence-corrected chi connectivity index (χ2v) is 5.30. The van der Waals surface area contributed by atoms with Crippen LogP contribution in [-0.2, 0) is 0 Å². The Kier molecular flexibility index (Phi) is 4.35. The Labute approximate surface area is 114 Å². The first-order chi connectivity index (χ1) is 9.13. The summed E-state index contributed by atoms with van der Waals surface area (Å²) in [5.74, 6) is 0.889. The molecule has 1 aromatic rings. The van der Waals surface area contributed by atoms with Crippen LogP contribution in [0.15, 0.2) is 12.4 Å². The predicted molar refractivity (Wildman–Crippen MR) is 75.0 cm³/mol. The fourth-order valence-corrected chi connectivity index (χ4v) is 2.93. The van der Waals surface area contributed by atoms with Gasteiger partial charge >= 0.3 is 0 Å². The topological polar surface area (TPSA) is 72.1 Å². The minimum atomic E-state index is -0.522. The van der Waals surface area contributed by atoms with E-state index in [1.807, 2.05) is 0 Å². The zero-order valence-corrected chi connectivity index (χ0v) is 11.7. The van der Waals surface area contributed by atoms with Crippen LogP contribution in [0.4, 0.5) is 5.82 Å². The number of primary amides is 1. The molecule has 1 aromatic heterocycles. The van der Waals surface area contributed by atoms with Gasteiger partial charge in [0.15, 0.2) is 0 Å². The molecule has 0 spiro atoms. The third-order valence-corrected chi connectivity index (χ3v) is 3.87. The highest BCUT2D eigenvalue weighted by molar-refractivity contribution is 5.90. The van der Waals surface area contributed by atoms with E-state index in [2.05, 4.69) is 28.7 Å². The number of hydrogen-bond acceptors (Lipinski definition) is 4. The fraction of sp³-hybridized carbons (Fsp3) is 0.643. The summed E-state index contributed by atoms with van der Waals surface area (Å²) in [4.78, 5) is 21.9. The van der Waals surface area contributed by atoms with Crippen molar-refractivity contribution in [3.05, 3.63) is 18.1 Å². The molecule has 2 unspecified atom stereocenters. The van der Waals surface area contributed by atoms with Crippen molar-refractivity contribution >= 4 is 11.7 Å². The maximum atomic E-state index is 11.2. The molecular formula is C14H22N4O. The van der Waals surface area contributed by atoms with Crippen molar-refractivity contribution in [3.63, 3.8) is 0 Å². The van der Waals surface area contributed by atoms with Gasteiger partial charge in [-0.15, -0.1) is 0 Å². The van der Waals surface area contributed by atoms with E-state index in [1.54, 1.807) is 6.20 Å². The van der Waals surface area contributed by atoms with Crippen molar-refractivity contribution in [1.82, 2.24) is 9.97 Å². The van der Waals surface area contributed by atoms with Gasteiger partial charge in [-0.3, -0.25) is 9.78 Å². The summed E-state index contributed by atoms with van der Waals surface area (Å²) < 4.78 is 0. The molecule has 1 fully saturated rings. The normalized spacial score (nSPS) is 20.5. The molecule has 1 saturated heterocycles. The van der Waals surface area contributed by atoms with E-state index in [0.717, 1.165) is 12.4 Å². The first-order valence-electron chi connectivity index (χ1n) is 7.02. The zero-order valence-electron chi connectivity index (χ0n) is 11.7. The lowest BCUT2D eigenvalue weighted by molar-refractivity contribution is 0.0995. The van der Waals surface area contributed by atoms with E-state index >= 15 is 0 Å². The Morgan fingerprint density at radius 2 is 2.37 bits per heavy atom. The van der Waals surface area contributed by atoms with E-state index in [1.165, 1.54) is 31.9 Å². The largest absolute Gasteiger partial charge is 0.364 e. The van der Waals surface area contributed by atoms with Crippen LogP contribution in [-0.4, -0.2) is 28.5 Å². The van der Waals surface area contributed by atoms with Crippen LogP contribution in [0.1, 0.15) is 50.0 Å². The number of hydrogen-bond donors (Lipinski definition) is 1. The predicted octanol–water partition coefficient (Wildman–Crippen LogP) is 1.98. The molecule has 5 nitrogen and oxygen atoms in total. The Bertz CT molecular complexity index is 449. The van der Waals surface area contributed by atoms with Crippen LogP contribution in [0.2, 0.25) is 0 Å². The van der Waals surface area contributed by atoms with Gasteiger partial charge in [0.2, 0.25) is 0 Å². The van der Waals surface area contributed by atoms with Crippen molar-refractivity contribution in [2.75, 3.05) is 11.4 Å². The maximum Gasteiger partial charge on any atom is 0.268 e. The molecule has 0 aromatic carbocycles. The molecule has 0 aliphatic carbocycles. The smallest absolute Gasteiger partial charge is 0.268 e. The SMILES string of the molecule is CCCC(C)C1CCCN1c1cncc(C(N)=O)n1. The van der Waals surface area contributed by atoms with Crippen LogP contribution in [0.25, 0.3) is 0 Å². The van der Waals surface area contributed by atoms with Gasteiger partial charge in [-0.1, -0.05) is 20.3 Å². The monoisotopic (exact) mass is 262 g/mol. The summed E-state index contributed by atoms with van der Waals surface area (Å²) in [6.45, 7) is 5.48. The molecule has 1 aliphatic rings. The van der Waals surface area contributed by atoms with Crippen LogP contribution < -0.4 is 10.6 Å². The fourth-order valence-electron chi connectivity index (χ4n) is 2.93. The minimum Gasteiger partial charge on any atom is -0.364 e. The number of amides is 1. The molecule has 2 rings (SSSR count). The van der Waals surface area contributed by atoms with E-state index in [4.69, 9.17) is 5.73 Å². The number of nitrogens with two attached hydrogens (primary N) is 1. The average molecular weight is 262 g/mol. The third-order valence-electron chi connectivity index (χ3n) is 3.87. The van der Waals surface area contributed by atoms with Gasteiger partial charge in [0, 0.05) is 12.6 Å². The molecule has 2 heterocycles. The van der Waals surface area contributed by atoms with E-state index in [-0.39, 0.29) is 5.69 Å². The van der Waals surface area contributed by atoms with E-state index in [9.17, 15) is 4.79 Å². The van der Waals surface area contributed by atoms with Crippen molar-refractivity contribution in [1.29, 1.82) is 0 Å². The second kappa shape index (κ2) is 5.99. The Balaban J connectivity index is 2.20. The molecular weight excluding hydrogens is 240 g/mol. The van der Waals surface area contributed by atoms with E-state index in [0.29, 0.717) is 12.0 Å². The summed E-state index contributed by atoms with van der Waals surface area (Å²) in [6, 6.07) is 0.498. The molecule has 104 valence electrons. The Morgan fingerprint density at radius 3 is 3.05 bits per heavy atom. The van der Waals surface area contributed by atoms with Gasteiger partial charge < -0.3 is 10.6 Å². The quantitative estimate of drug-likeness (QED) is 0.880. The van der Waals surface area contributed by atoms with Crippen molar-refractivity contribution in [2.45, 2.75) is 45.6 Å². The van der Waals surface area contributed by atoms with E-state index < -0.39 is 5.91 Å². The van der Waals surface area contributed by atoms with Crippen molar-refractivity contribution in [3.8, 4) is 0 Å². The highest BCUT2D eigenvalue weighted by atomic mass is 16.1. The van der Waals surface area contributed by atoms with Gasteiger partial charge in [-0.05, 0) is 25.2 Å². The molecule has 2 atom stereocenters. The lowest BCUT2D eigenvalue weighted by atomic mass is 9.95. The molecule has 0 saturated carbocycles. The summed E-state index contributed by atoms with van der Waals surface area (Å²) in [5.41, 5.74) is 5.51. The van der Waals surface area contributed by atoms with Crippen LogP contribution in [0.3, 0.4) is 0 Å². The second-order valence-electron chi connectivity index (χ2n) is 5.30.